The number of amides is 1. The summed E-state index contributed by atoms with van der Waals surface area (Å²) in [6.45, 7) is 1.42. The van der Waals surface area contributed by atoms with Crippen LogP contribution in [-0.2, 0) is 20.8 Å². The van der Waals surface area contributed by atoms with Crippen molar-refractivity contribution in [2.75, 3.05) is 26.3 Å². The van der Waals surface area contributed by atoms with Crippen molar-refractivity contribution in [3.63, 3.8) is 0 Å². The Morgan fingerprint density at radius 3 is 2.59 bits per heavy atom. The Balaban J connectivity index is 1.86. The molecular formula is C25H31ClN2O6. The molecule has 2 aliphatic heterocycles. The van der Waals surface area contributed by atoms with E-state index in [0.717, 1.165) is 57.7 Å². The molecule has 0 bridgehead atoms. The highest BCUT2D eigenvalue weighted by molar-refractivity contribution is 6.33. The number of cyclic esters (lactones) is 1. The first-order chi connectivity index (χ1) is 16.5. The van der Waals surface area contributed by atoms with Crippen LogP contribution in [0.5, 0.6) is 11.5 Å². The lowest BCUT2D eigenvalue weighted by Gasteiger charge is -2.26. The Hall–Kier alpha value is -3.00. The molecule has 2 heterocycles. The van der Waals surface area contributed by atoms with Gasteiger partial charge in [-0.3, -0.25) is 4.79 Å². The topological polar surface area (TPSA) is 109 Å². The molecule has 0 atom stereocenters. The number of hydrogen-bond acceptors (Lipinski definition) is 7. The van der Waals surface area contributed by atoms with Crippen LogP contribution >= 0.6 is 11.6 Å². The fourth-order valence-corrected chi connectivity index (χ4v) is 4.09. The van der Waals surface area contributed by atoms with Gasteiger partial charge in [0.25, 0.3) is 5.91 Å². The Morgan fingerprint density at radius 2 is 1.79 bits per heavy atom. The first-order valence-corrected chi connectivity index (χ1v) is 12.0. The van der Waals surface area contributed by atoms with Gasteiger partial charge in [0, 0.05) is 25.6 Å². The van der Waals surface area contributed by atoms with Crippen LogP contribution in [0.4, 0.5) is 0 Å². The first kappa shape index (κ1) is 25.6. The molecule has 0 aromatic heterocycles. The summed E-state index contributed by atoms with van der Waals surface area (Å²) in [5.41, 5.74) is 0.427. The number of piperidine rings is 1. The summed E-state index contributed by atoms with van der Waals surface area (Å²) >= 11 is 6.32. The van der Waals surface area contributed by atoms with Crippen LogP contribution in [0.1, 0.15) is 60.9 Å². The van der Waals surface area contributed by atoms with Gasteiger partial charge in [0.05, 0.1) is 17.3 Å². The smallest absolute Gasteiger partial charge is 0.342 e. The van der Waals surface area contributed by atoms with Crippen LogP contribution in [0.2, 0.25) is 5.02 Å². The first-order valence-electron chi connectivity index (χ1n) is 11.7. The molecule has 2 aliphatic rings. The Morgan fingerprint density at radius 1 is 1.06 bits per heavy atom. The van der Waals surface area contributed by atoms with Crippen molar-refractivity contribution in [1.29, 1.82) is 0 Å². The Bertz CT molecular complexity index is 967. The van der Waals surface area contributed by atoms with Crippen molar-refractivity contribution in [3.05, 3.63) is 46.5 Å². The molecule has 0 unspecified atom stereocenters. The lowest BCUT2D eigenvalue weighted by Crippen LogP contribution is -2.37. The number of phenols is 2. The average molecular weight is 491 g/mol. The molecule has 1 aromatic rings. The van der Waals surface area contributed by atoms with E-state index < -0.39 is 11.7 Å². The summed E-state index contributed by atoms with van der Waals surface area (Å²) in [6, 6.07) is 1.01. The summed E-state index contributed by atoms with van der Waals surface area (Å²) < 4.78 is 5.32. The molecule has 0 spiro atoms. The second-order valence-electron chi connectivity index (χ2n) is 8.29. The van der Waals surface area contributed by atoms with E-state index in [1.807, 2.05) is 12.2 Å². The molecular weight excluding hydrogens is 460 g/mol. The molecule has 184 valence electrons. The van der Waals surface area contributed by atoms with Crippen molar-refractivity contribution in [2.45, 2.75) is 51.4 Å². The number of carbonyl (C=O) groups is 2. The van der Waals surface area contributed by atoms with Gasteiger partial charge in [-0.15, -0.1) is 0 Å². The largest absolute Gasteiger partial charge is 0.507 e. The molecule has 34 heavy (non-hydrogen) atoms. The summed E-state index contributed by atoms with van der Waals surface area (Å²) in [4.78, 5) is 32.3. The van der Waals surface area contributed by atoms with Crippen LogP contribution < -0.4 is 0 Å². The van der Waals surface area contributed by atoms with Crippen molar-refractivity contribution in [3.8, 4) is 11.5 Å². The lowest BCUT2D eigenvalue weighted by atomic mass is 9.99. The molecule has 9 heteroatoms. The summed E-state index contributed by atoms with van der Waals surface area (Å²) in [5.74, 6) is -1.67. The molecule has 0 saturated carbocycles. The number of oxime groups is 1. The summed E-state index contributed by atoms with van der Waals surface area (Å²) in [7, 11) is 0. The third-order valence-electron chi connectivity index (χ3n) is 5.69. The van der Waals surface area contributed by atoms with Gasteiger partial charge in [0.1, 0.15) is 17.1 Å². The van der Waals surface area contributed by atoms with Crippen LogP contribution in [0.3, 0.4) is 0 Å². The molecule has 1 saturated heterocycles. The third-order valence-corrected chi connectivity index (χ3v) is 6.11. The SMILES string of the molecule is O=C1OCCC/C=C/CC/C=C/C(=N/OCC(=O)N2CCCCC2)Cc2c(Cl)c(O)cc(O)c21. The molecule has 2 N–H and O–H groups in total. The van der Waals surface area contributed by atoms with E-state index in [0.29, 0.717) is 12.1 Å². The number of rotatable bonds is 3. The molecule has 8 nitrogen and oxygen atoms in total. The van der Waals surface area contributed by atoms with Crippen molar-refractivity contribution in [1.82, 2.24) is 4.90 Å². The van der Waals surface area contributed by atoms with E-state index in [1.54, 1.807) is 11.0 Å². The number of hydrogen-bond donors (Lipinski definition) is 2. The number of esters is 1. The zero-order chi connectivity index (χ0) is 24.3. The molecule has 1 fully saturated rings. The average Bonchev–Trinajstić information content (AvgIpc) is 2.83. The Labute approximate surface area is 204 Å². The van der Waals surface area contributed by atoms with Gasteiger partial charge >= 0.3 is 5.97 Å². The number of aromatic hydroxyl groups is 2. The molecule has 3 rings (SSSR count). The molecule has 0 aliphatic carbocycles. The van der Waals surface area contributed by atoms with E-state index in [9.17, 15) is 19.8 Å². The predicted molar refractivity (Wildman–Crippen MR) is 129 cm³/mol. The molecule has 0 radical (unpaired) electrons. The normalized spacial score (nSPS) is 21.0. The number of ether oxygens (including phenoxy) is 1. The van der Waals surface area contributed by atoms with Crippen molar-refractivity contribution in [2.24, 2.45) is 5.16 Å². The number of phenolic OH excluding ortho intramolecular Hbond substituents is 2. The number of nitrogens with zero attached hydrogens (tertiary/aromatic N) is 2. The van der Waals surface area contributed by atoms with Gasteiger partial charge in [-0.05, 0) is 56.6 Å². The van der Waals surface area contributed by atoms with Crippen molar-refractivity contribution < 1.29 is 29.4 Å². The van der Waals surface area contributed by atoms with Crippen LogP contribution in [0.15, 0.2) is 35.5 Å². The zero-order valence-electron chi connectivity index (χ0n) is 19.2. The number of halogens is 1. The minimum absolute atomic E-state index is 0.0184. The van der Waals surface area contributed by atoms with Gasteiger partial charge < -0.3 is 24.7 Å². The van der Waals surface area contributed by atoms with Gasteiger partial charge in [-0.25, -0.2) is 4.79 Å². The second kappa shape index (κ2) is 13.0. The molecule has 1 amide bonds. The van der Waals surface area contributed by atoms with Gasteiger partial charge in [-0.2, -0.15) is 0 Å². The third kappa shape index (κ3) is 7.25. The van der Waals surface area contributed by atoms with E-state index in [1.165, 1.54) is 0 Å². The maximum atomic E-state index is 12.7. The number of benzene rings is 1. The summed E-state index contributed by atoms with van der Waals surface area (Å²) in [5, 5.41) is 24.6. The lowest BCUT2D eigenvalue weighted by molar-refractivity contribution is -0.137. The maximum Gasteiger partial charge on any atom is 0.342 e. The minimum Gasteiger partial charge on any atom is -0.507 e. The second-order valence-corrected chi connectivity index (χ2v) is 8.66. The van der Waals surface area contributed by atoms with E-state index in [4.69, 9.17) is 21.2 Å². The van der Waals surface area contributed by atoms with Crippen LogP contribution in [0, 0.1) is 0 Å². The molecule has 1 aromatic carbocycles. The van der Waals surface area contributed by atoms with Crippen LogP contribution in [-0.4, -0.2) is 59.0 Å². The highest BCUT2D eigenvalue weighted by Gasteiger charge is 2.24. The number of likely N-dealkylation sites (tertiary alicyclic amines) is 1. The van der Waals surface area contributed by atoms with Gasteiger partial charge in [0.2, 0.25) is 0 Å². The standard InChI is InChI=1S/C25H31ClN2O6/c26-24-19-15-18(27-34-17-22(31)28-12-8-6-9-13-28)11-7-4-2-1-3-5-10-14-33-25(32)23(19)20(29)16-21(24)30/h1,3,7,11,16,29-30H,2,4-6,8-10,12-15,17H2/b3-1+,11-7+,27-18-. The van der Waals surface area contributed by atoms with E-state index in [-0.39, 0.29) is 47.4 Å². The highest BCUT2D eigenvalue weighted by atomic mass is 35.5. The summed E-state index contributed by atoms with van der Waals surface area (Å²) in [6.07, 6.45) is 13.8. The van der Waals surface area contributed by atoms with Gasteiger partial charge in [-0.1, -0.05) is 35.0 Å². The number of allylic oxidation sites excluding steroid dienone is 4. The minimum atomic E-state index is -0.738. The highest BCUT2D eigenvalue weighted by Crippen LogP contribution is 2.37. The quantitative estimate of drug-likeness (QED) is 0.366. The number of carbonyl (C=O) groups excluding carboxylic acids is 2. The van der Waals surface area contributed by atoms with E-state index in [2.05, 4.69) is 11.2 Å². The van der Waals surface area contributed by atoms with Gasteiger partial charge in [0.15, 0.2) is 6.61 Å². The zero-order valence-corrected chi connectivity index (χ0v) is 19.9. The predicted octanol–water partition coefficient (Wildman–Crippen LogP) is 4.52. The monoisotopic (exact) mass is 490 g/mol. The number of fused-ring (bicyclic) bond motifs is 1. The fraction of sp³-hybridized carbons (Fsp3) is 0.480. The maximum absolute atomic E-state index is 12.7. The fourth-order valence-electron chi connectivity index (χ4n) is 3.87. The van der Waals surface area contributed by atoms with Crippen LogP contribution in [0.25, 0.3) is 0 Å². The van der Waals surface area contributed by atoms with E-state index >= 15 is 0 Å². The van der Waals surface area contributed by atoms with Crippen molar-refractivity contribution >= 4 is 29.2 Å². The Kier molecular flexibility index (Phi) is 9.82.